The molecule has 0 spiro atoms. The van der Waals surface area contributed by atoms with Gasteiger partial charge in [0, 0.05) is 11.0 Å². The minimum Gasteiger partial charge on any atom is -0.492 e. The quantitative estimate of drug-likeness (QED) is 0.871. The number of nitrogen functional groups attached to an aromatic ring is 1. The molecule has 0 bridgehead atoms. The van der Waals surface area contributed by atoms with E-state index in [-0.39, 0.29) is 0 Å². The van der Waals surface area contributed by atoms with E-state index >= 15 is 0 Å². The fourth-order valence-corrected chi connectivity index (χ4v) is 2.86. The topological polar surface area (TPSA) is 38.5 Å². The van der Waals surface area contributed by atoms with Crippen LogP contribution in [0.2, 0.25) is 0 Å². The third kappa shape index (κ3) is 2.75. The first-order valence-corrected chi connectivity index (χ1v) is 7.54. The first-order chi connectivity index (χ1) is 9.74. The standard InChI is InChI=1S/C16H17BrN2O/c17-13-4-6-14(7-5-13)20-11-10-19-9-8-12-2-1-3-15(18)16(12)19/h1-7H,8-11,18H2. The van der Waals surface area contributed by atoms with Gasteiger partial charge in [0.2, 0.25) is 0 Å². The lowest BCUT2D eigenvalue weighted by Gasteiger charge is -2.21. The molecule has 20 heavy (non-hydrogen) atoms. The van der Waals surface area contributed by atoms with Crippen molar-refractivity contribution in [3.05, 3.63) is 52.5 Å². The smallest absolute Gasteiger partial charge is 0.119 e. The van der Waals surface area contributed by atoms with Crippen molar-refractivity contribution in [2.24, 2.45) is 0 Å². The van der Waals surface area contributed by atoms with Crippen molar-refractivity contribution in [1.29, 1.82) is 0 Å². The second-order valence-electron chi connectivity index (χ2n) is 4.89. The van der Waals surface area contributed by atoms with Gasteiger partial charge in [0.15, 0.2) is 0 Å². The van der Waals surface area contributed by atoms with E-state index in [0.717, 1.165) is 35.4 Å². The molecule has 104 valence electrons. The number of nitrogens with two attached hydrogens (primary N) is 1. The monoisotopic (exact) mass is 332 g/mol. The van der Waals surface area contributed by atoms with Crippen molar-refractivity contribution >= 4 is 27.3 Å². The Kier molecular flexibility index (Phi) is 3.83. The van der Waals surface area contributed by atoms with Crippen LogP contribution in [0.3, 0.4) is 0 Å². The van der Waals surface area contributed by atoms with Gasteiger partial charge in [0.25, 0.3) is 0 Å². The van der Waals surface area contributed by atoms with Crippen LogP contribution < -0.4 is 15.4 Å². The Hall–Kier alpha value is -1.68. The number of halogens is 1. The Morgan fingerprint density at radius 3 is 2.75 bits per heavy atom. The molecule has 0 aliphatic carbocycles. The zero-order chi connectivity index (χ0) is 13.9. The van der Waals surface area contributed by atoms with Crippen molar-refractivity contribution in [3.8, 4) is 5.75 Å². The van der Waals surface area contributed by atoms with Crippen molar-refractivity contribution in [3.63, 3.8) is 0 Å². The van der Waals surface area contributed by atoms with E-state index in [1.807, 2.05) is 36.4 Å². The summed E-state index contributed by atoms with van der Waals surface area (Å²) < 4.78 is 6.84. The molecule has 0 saturated carbocycles. The third-order valence-electron chi connectivity index (χ3n) is 3.56. The zero-order valence-corrected chi connectivity index (χ0v) is 12.8. The van der Waals surface area contributed by atoms with Gasteiger partial charge in [-0.25, -0.2) is 0 Å². The number of benzene rings is 2. The highest BCUT2D eigenvalue weighted by atomic mass is 79.9. The minimum atomic E-state index is 0.662. The third-order valence-corrected chi connectivity index (χ3v) is 4.09. The van der Waals surface area contributed by atoms with E-state index in [1.54, 1.807) is 0 Å². The van der Waals surface area contributed by atoms with Crippen LogP contribution in [-0.4, -0.2) is 19.7 Å². The number of nitrogens with zero attached hydrogens (tertiary/aromatic N) is 1. The molecule has 3 nitrogen and oxygen atoms in total. The lowest BCUT2D eigenvalue weighted by Crippen LogP contribution is -2.26. The molecule has 0 fully saturated rings. The molecule has 0 atom stereocenters. The van der Waals surface area contributed by atoms with Crippen LogP contribution in [0.25, 0.3) is 0 Å². The number of fused-ring (bicyclic) bond motifs is 1. The highest BCUT2D eigenvalue weighted by Crippen LogP contribution is 2.33. The van der Waals surface area contributed by atoms with E-state index < -0.39 is 0 Å². The Labute approximate surface area is 127 Å². The maximum absolute atomic E-state index is 6.07. The molecule has 4 heteroatoms. The highest BCUT2D eigenvalue weighted by Gasteiger charge is 2.20. The summed E-state index contributed by atoms with van der Waals surface area (Å²) in [5.41, 5.74) is 9.47. The van der Waals surface area contributed by atoms with Crippen LogP contribution in [0.1, 0.15) is 5.56 Å². The largest absolute Gasteiger partial charge is 0.492 e. The van der Waals surface area contributed by atoms with E-state index in [4.69, 9.17) is 10.5 Å². The molecule has 2 aromatic rings. The number of rotatable bonds is 4. The van der Waals surface area contributed by atoms with Gasteiger partial charge >= 0.3 is 0 Å². The van der Waals surface area contributed by atoms with E-state index in [2.05, 4.69) is 26.9 Å². The lowest BCUT2D eigenvalue weighted by atomic mass is 10.1. The molecular weight excluding hydrogens is 316 g/mol. The summed E-state index contributed by atoms with van der Waals surface area (Å²) in [5, 5.41) is 0. The fraction of sp³-hybridized carbons (Fsp3) is 0.250. The van der Waals surface area contributed by atoms with Gasteiger partial charge in [-0.3, -0.25) is 0 Å². The minimum absolute atomic E-state index is 0.662. The van der Waals surface area contributed by atoms with Gasteiger partial charge in [-0.05, 0) is 42.3 Å². The van der Waals surface area contributed by atoms with Crippen LogP contribution >= 0.6 is 15.9 Å². The summed E-state index contributed by atoms with van der Waals surface area (Å²) in [6.07, 6.45) is 1.07. The van der Waals surface area contributed by atoms with Crippen LogP contribution in [0.15, 0.2) is 46.9 Å². The predicted molar refractivity (Wildman–Crippen MR) is 86.4 cm³/mol. The van der Waals surface area contributed by atoms with Gasteiger partial charge in [-0.15, -0.1) is 0 Å². The van der Waals surface area contributed by atoms with Crippen molar-refractivity contribution in [2.75, 3.05) is 30.3 Å². The highest BCUT2D eigenvalue weighted by molar-refractivity contribution is 9.10. The lowest BCUT2D eigenvalue weighted by molar-refractivity contribution is 0.324. The van der Waals surface area contributed by atoms with E-state index in [0.29, 0.717) is 6.61 Å². The number of anilines is 2. The first-order valence-electron chi connectivity index (χ1n) is 6.75. The van der Waals surface area contributed by atoms with Crippen molar-refractivity contribution in [2.45, 2.75) is 6.42 Å². The molecule has 1 heterocycles. The fourth-order valence-electron chi connectivity index (χ4n) is 2.59. The zero-order valence-electron chi connectivity index (χ0n) is 11.2. The molecule has 3 rings (SSSR count). The number of hydrogen-bond donors (Lipinski definition) is 1. The Bertz CT molecular complexity index is 598. The predicted octanol–water partition coefficient (Wildman–Crippen LogP) is 3.47. The summed E-state index contributed by atoms with van der Waals surface area (Å²) in [4.78, 5) is 2.31. The summed E-state index contributed by atoms with van der Waals surface area (Å²) in [5.74, 6) is 0.897. The van der Waals surface area contributed by atoms with Gasteiger partial charge in [0.1, 0.15) is 12.4 Å². The van der Waals surface area contributed by atoms with Crippen LogP contribution in [0.4, 0.5) is 11.4 Å². The van der Waals surface area contributed by atoms with Gasteiger partial charge in [-0.2, -0.15) is 0 Å². The van der Waals surface area contributed by atoms with E-state index in [9.17, 15) is 0 Å². The summed E-state index contributed by atoms with van der Waals surface area (Å²) in [6.45, 7) is 2.54. The van der Waals surface area contributed by atoms with Gasteiger partial charge < -0.3 is 15.4 Å². The Morgan fingerprint density at radius 1 is 1.15 bits per heavy atom. The summed E-state index contributed by atoms with van der Waals surface area (Å²) in [7, 11) is 0. The summed E-state index contributed by atoms with van der Waals surface area (Å²) >= 11 is 3.42. The SMILES string of the molecule is Nc1cccc2c1N(CCOc1ccc(Br)cc1)CC2. The second-order valence-corrected chi connectivity index (χ2v) is 5.81. The molecule has 0 saturated heterocycles. The van der Waals surface area contributed by atoms with Gasteiger partial charge in [-0.1, -0.05) is 28.1 Å². The maximum atomic E-state index is 6.07. The molecule has 1 aliphatic heterocycles. The van der Waals surface area contributed by atoms with Crippen LogP contribution in [0.5, 0.6) is 5.75 Å². The molecule has 1 aliphatic rings. The number of hydrogen-bond acceptors (Lipinski definition) is 3. The van der Waals surface area contributed by atoms with Crippen molar-refractivity contribution in [1.82, 2.24) is 0 Å². The molecule has 0 aromatic heterocycles. The molecule has 2 N–H and O–H groups in total. The molecular formula is C16H17BrN2O. The Morgan fingerprint density at radius 2 is 1.95 bits per heavy atom. The summed E-state index contributed by atoms with van der Waals surface area (Å²) in [6, 6.07) is 14.0. The van der Waals surface area contributed by atoms with Crippen LogP contribution in [0, 0.1) is 0 Å². The molecule has 0 radical (unpaired) electrons. The molecule has 2 aromatic carbocycles. The van der Waals surface area contributed by atoms with Crippen molar-refractivity contribution < 1.29 is 4.74 Å². The Balaban J connectivity index is 1.60. The number of ether oxygens (including phenoxy) is 1. The van der Waals surface area contributed by atoms with Gasteiger partial charge in [0.05, 0.1) is 17.9 Å². The number of para-hydroxylation sites is 1. The normalized spacial score (nSPS) is 13.3. The first kappa shape index (κ1) is 13.3. The second kappa shape index (κ2) is 5.75. The average molecular weight is 333 g/mol. The van der Waals surface area contributed by atoms with Crippen LogP contribution in [-0.2, 0) is 6.42 Å². The molecule has 0 amide bonds. The van der Waals surface area contributed by atoms with E-state index in [1.165, 1.54) is 11.3 Å². The average Bonchev–Trinajstić information content (AvgIpc) is 2.86. The maximum Gasteiger partial charge on any atom is 0.119 e. The molecule has 0 unspecified atom stereocenters.